The van der Waals surface area contributed by atoms with Crippen LogP contribution in [0.5, 0.6) is 0 Å². The van der Waals surface area contributed by atoms with Crippen LogP contribution in [0.4, 0.5) is 20.3 Å². The first-order chi connectivity index (χ1) is 14.0. The lowest BCUT2D eigenvalue weighted by atomic mass is 10.1. The van der Waals surface area contributed by atoms with E-state index in [-0.39, 0.29) is 18.3 Å². The molecule has 0 radical (unpaired) electrons. The Hall–Kier alpha value is -3.39. The largest absolute Gasteiger partial charge is 0.350 e. The smallest absolute Gasteiger partial charge is 0.243 e. The molecule has 0 spiro atoms. The van der Waals surface area contributed by atoms with Crippen molar-refractivity contribution in [1.82, 2.24) is 9.97 Å². The van der Waals surface area contributed by atoms with E-state index in [1.807, 2.05) is 5.38 Å². The maximum Gasteiger partial charge on any atom is 0.243 e. The van der Waals surface area contributed by atoms with E-state index in [4.69, 9.17) is 0 Å². The number of thiophene rings is 1. The molecule has 1 amide bonds. The van der Waals surface area contributed by atoms with Crippen molar-refractivity contribution in [1.29, 1.82) is 0 Å². The van der Waals surface area contributed by atoms with Gasteiger partial charge >= 0.3 is 0 Å². The highest BCUT2D eigenvalue weighted by atomic mass is 32.1. The summed E-state index contributed by atoms with van der Waals surface area (Å²) in [6, 6.07) is 11.9. The van der Waals surface area contributed by atoms with Gasteiger partial charge in [-0.2, -0.15) is 0 Å². The molecule has 2 aromatic carbocycles. The van der Waals surface area contributed by atoms with Crippen molar-refractivity contribution in [2.24, 2.45) is 0 Å². The molecule has 0 aliphatic rings. The number of aromatic nitrogens is 2. The number of hydrogen-bond acceptors (Lipinski definition) is 5. The third-order valence-corrected chi connectivity index (χ3v) is 5.24. The summed E-state index contributed by atoms with van der Waals surface area (Å²) in [5.74, 6) is -0.444. The van der Waals surface area contributed by atoms with Gasteiger partial charge in [0.05, 0.1) is 11.9 Å². The van der Waals surface area contributed by atoms with Gasteiger partial charge in [0.25, 0.3) is 0 Å². The van der Waals surface area contributed by atoms with E-state index in [9.17, 15) is 13.6 Å². The van der Waals surface area contributed by atoms with Crippen molar-refractivity contribution in [3.63, 3.8) is 0 Å². The molecule has 0 bridgehead atoms. The predicted molar refractivity (Wildman–Crippen MR) is 111 cm³/mol. The molecule has 1 N–H and O–H groups in total. The molecule has 29 heavy (non-hydrogen) atoms. The van der Waals surface area contributed by atoms with Gasteiger partial charge in [0.2, 0.25) is 5.91 Å². The molecule has 4 rings (SSSR count). The first-order valence-corrected chi connectivity index (χ1v) is 9.64. The Morgan fingerprint density at radius 3 is 2.66 bits per heavy atom. The fourth-order valence-corrected chi connectivity index (χ4v) is 3.96. The van der Waals surface area contributed by atoms with E-state index in [1.165, 1.54) is 48.0 Å². The highest BCUT2D eigenvalue weighted by molar-refractivity contribution is 7.17. The minimum atomic E-state index is -0.420. The number of nitrogens with zero attached hydrogens (tertiary/aromatic N) is 3. The molecule has 8 heteroatoms. The molecule has 0 aliphatic heterocycles. The third kappa shape index (κ3) is 4.07. The van der Waals surface area contributed by atoms with E-state index < -0.39 is 5.82 Å². The highest BCUT2D eigenvalue weighted by Gasteiger charge is 2.18. The monoisotopic (exact) mass is 410 g/mol. The molecular formula is C21H16F2N4OS. The second-order valence-corrected chi connectivity index (χ2v) is 7.31. The maximum atomic E-state index is 13.3. The normalized spacial score (nSPS) is 10.9. The van der Waals surface area contributed by atoms with Gasteiger partial charge in [0, 0.05) is 23.7 Å². The van der Waals surface area contributed by atoms with Gasteiger partial charge in [-0.25, -0.2) is 18.7 Å². The zero-order valence-electron chi connectivity index (χ0n) is 15.4. The van der Waals surface area contributed by atoms with Crippen molar-refractivity contribution in [3.8, 4) is 11.1 Å². The summed E-state index contributed by atoms with van der Waals surface area (Å²) in [5, 5.41) is 5.41. The van der Waals surface area contributed by atoms with Crippen LogP contribution in [0.15, 0.2) is 60.2 Å². The number of rotatable bonds is 5. The standard InChI is InChI=1S/C21H16F2N4OS/c1-27(10-18(28)26-16-4-2-3-15(23)9-16)20-19-17(11-29-21(19)25-12-24-20)13-5-7-14(22)8-6-13/h2-9,11-12H,10H2,1H3,(H,26,28). The zero-order chi connectivity index (χ0) is 20.4. The summed E-state index contributed by atoms with van der Waals surface area (Å²) in [6.07, 6.45) is 1.45. The van der Waals surface area contributed by atoms with E-state index in [0.29, 0.717) is 11.5 Å². The number of fused-ring (bicyclic) bond motifs is 1. The van der Waals surface area contributed by atoms with Crippen LogP contribution in [0.2, 0.25) is 0 Å². The minimum absolute atomic E-state index is 0.0152. The minimum Gasteiger partial charge on any atom is -0.350 e. The summed E-state index contributed by atoms with van der Waals surface area (Å²) in [6.45, 7) is 0.0152. The number of benzene rings is 2. The van der Waals surface area contributed by atoms with Gasteiger partial charge in [-0.05, 0) is 35.9 Å². The molecule has 146 valence electrons. The summed E-state index contributed by atoms with van der Waals surface area (Å²) in [4.78, 5) is 23.6. The van der Waals surface area contributed by atoms with Gasteiger partial charge < -0.3 is 10.2 Å². The van der Waals surface area contributed by atoms with E-state index in [1.54, 1.807) is 30.1 Å². The molecule has 4 aromatic rings. The Morgan fingerprint density at radius 1 is 1.10 bits per heavy atom. The molecular weight excluding hydrogens is 394 g/mol. The Bertz CT molecular complexity index is 1180. The summed E-state index contributed by atoms with van der Waals surface area (Å²) in [7, 11) is 1.75. The van der Waals surface area contributed by atoms with Crippen LogP contribution >= 0.6 is 11.3 Å². The fraction of sp³-hybridized carbons (Fsp3) is 0.0952. The average molecular weight is 410 g/mol. The van der Waals surface area contributed by atoms with Gasteiger partial charge in [0.1, 0.15) is 28.6 Å². The number of carbonyl (C=O) groups is 1. The first-order valence-electron chi connectivity index (χ1n) is 8.76. The van der Waals surface area contributed by atoms with Crippen LogP contribution in [-0.2, 0) is 4.79 Å². The molecule has 0 aliphatic carbocycles. The molecule has 0 unspecified atom stereocenters. The van der Waals surface area contributed by atoms with Crippen molar-refractivity contribution < 1.29 is 13.6 Å². The zero-order valence-corrected chi connectivity index (χ0v) is 16.2. The summed E-state index contributed by atoms with van der Waals surface area (Å²) in [5.41, 5.74) is 2.10. The van der Waals surface area contributed by atoms with Crippen molar-refractivity contribution in [2.75, 3.05) is 23.8 Å². The number of hydrogen-bond donors (Lipinski definition) is 1. The maximum absolute atomic E-state index is 13.3. The number of anilines is 2. The van der Waals surface area contributed by atoms with Gasteiger partial charge in [-0.1, -0.05) is 18.2 Å². The quantitative estimate of drug-likeness (QED) is 0.518. The molecule has 5 nitrogen and oxygen atoms in total. The SMILES string of the molecule is CN(CC(=O)Nc1cccc(F)c1)c1ncnc2scc(-c3ccc(F)cc3)c12. The Balaban J connectivity index is 1.62. The van der Waals surface area contributed by atoms with E-state index in [0.717, 1.165) is 21.3 Å². The molecule has 0 saturated carbocycles. The summed E-state index contributed by atoms with van der Waals surface area (Å²) >= 11 is 1.45. The Kier molecular flexibility index (Phi) is 5.18. The van der Waals surface area contributed by atoms with Crippen LogP contribution < -0.4 is 10.2 Å². The van der Waals surface area contributed by atoms with Crippen LogP contribution in [0, 0.1) is 11.6 Å². The van der Waals surface area contributed by atoms with Gasteiger partial charge in [-0.15, -0.1) is 11.3 Å². The lowest BCUT2D eigenvalue weighted by molar-refractivity contribution is -0.114. The van der Waals surface area contributed by atoms with Crippen molar-refractivity contribution in [2.45, 2.75) is 0 Å². The molecule has 0 saturated heterocycles. The van der Waals surface area contributed by atoms with Crippen molar-refractivity contribution >= 4 is 39.0 Å². The first kappa shape index (κ1) is 18.9. The van der Waals surface area contributed by atoms with Gasteiger partial charge in [-0.3, -0.25) is 4.79 Å². The predicted octanol–water partition coefficient (Wildman–Crippen LogP) is 4.71. The van der Waals surface area contributed by atoms with Gasteiger partial charge in [0.15, 0.2) is 0 Å². The van der Waals surface area contributed by atoms with Crippen LogP contribution in [0.25, 0.3) is 21.3 Å². The number of likely N-dealkylation sites (N-methyl/N-ethyl adjacent to an activating group) is 1. The lowest BCUT2D eigenvalue weighted by Crippen LogP contribution is -2.30. The second kappa shape index (κ2) is 7.92. The molecule has 2 heterocycles. The highest BCUT2D eigenvalue weighted by Crippen LogP contribution is 2.37. The van der Waals surface area contributed by atoms with E-state index in [2.05, 4.69) is 15.3 Å². The Labute approximate surface area is 169 Å². The number of carbonyl (C=O) groups excluding carboxylic acids is 1. The molecule has 0 fully saturated rings. The Morgan fingerprint density at radius 2 is 1.90 bits per heavy atom. The fourth-order valence-electron chi connectivity index (χ4n) is 3.05. The summed E-state index contributed by atoms with van der Waals surface area (Å²) < 4.78 is 26.6. The lowest BCUT2D eigenvalue weighted by Gasteiger charge is -2.19. The van der Waals surface area contributed by atoms with E-state index >= 15 is 0 Å². The second-order valence-electron chi connectivity index (χ2n) is 6.45. The number of amides is 1. The average Bonchev–Trinajstić information content (AvgIpc) is 3.12. The van der Waals surface area contributed by atoms with Crippen LogP contribution in [0.3, 0.4) is 0 Å². The number of halogens is 2. The van der Waals surface area contributed by atoms with Crippen molar-refractivity contribution in [3.05, 3.63) is 71.9 Å². The third-order valence-electron chi connectivity index (χ3n) is 4.36. The molecule has 2 aromatic heterocycles. The topological polar surface area (TPSA) is 58.1 Å². The number of nitrogens with one attached hydrogen (secondary N) is 1. The van der Waals surface area contributed by atoms with Crippen LogP contribution in [-0.4, -0.2) is 29.5 Å². The van der Waals surface area contributed by atoms with Crippen LogP contribution in [0.1, 0.15) is 0 Å². The molecule has 0 atom stereocenters.